The second kappa shape index (κ2) is 7.85. The lowest BCUT2D eigenvalue weighted by atomic mass is 10.3. The summed E-state index contributed by atoms with van der Waals surface area (Å²) in [6, 6.07) is 0. The summed E-state index contributed by atoms with van der Waals surface area (Å²) in [5.74, 6) is 0.245. The smallest absolute Gasteiger partial charge is 0.236 e. The Hall–Kier alpha value is -0.620. The van der Waals surface area contributed by atoms with Gasteiger partial charge in [-0.25, -0.2) is 0 Å². The van der Waals surface area contributed by atoms with Crippen LogP contribution in [0.1, 0.15) is 0 Å². The number of amides is 1. The molecule has 0 aromatic heterocycles. The van der Waals surface area contributed by atoms with E-state index in [2.05, 4.69) is 9.80 Å². The number of carbonyl (C=O) groups is 1. The van der Waals surface area contributed by atoms with Gasteiger partial charge in [-0.15, -0.1) is 0 Å². The van der Waals surface area contributed by atoms with Gasteiger partial charge < -0.3 is 9.64 Å². The van der Waals surface area contributed by atoms with Crippen molar-refractivity contribution >= 4 is 17.5 Å². The van der Waals surface area contributed by atoms with E-state index in [9.17, 15) is 4.79 Å². The zero-order valence-corrected chi connectivity index (χ0v) is 12.0. The molecule has 0 saturated carbocycles. The van der Waals surface area contributed by atoms with Gasteiger partial charge in [0, 0.05) is 51.3 Å². The lowest BCUT2D eigenvalue weighted by Gasteiger charge is -2.35. The highest BCUT2D eigenvalue weighted by Gasteiger charge is 2.22. The Bertz CT molecular complexity index is 311. The molecule has 0 atom stereocenters. The fraction of sp³-hybridized carbons (Fsp3) is 0.769. The van der Waals surface area contributed by atoms with E-state index in [4.69, 9.17) is 16.3 Å². The number of hydrogen-bond acceptors (Lipinski definition) is 4. The second-order valence-corrected chi connectivity index (χ2v) is 5.18. The summed E-state index contributed by atoms with van der Waals surface area (Å²) in [6.07, 6.45) is 1.94. The summed E-state index contributed by atoms with van der Waals surface area (Å²) < 4.78 is 5.29. The number of hydrogen-bond donors (Lipinski definition) is 0. The molecule has 6 heteroatoms. The zero-order chi connectivity index (χ0) is 13.5. The summed E-state index contributed by atoms with van der Waals surface area (Å²) >= 11 is 5.52. The number of rotatable bonds is 4. The molecule has 0 N–H and O–H groups in total. The highest BCUT2D eigenvalue weighted by molar-refractivity contribution is 6.25. The SMILES string of the molecule is O=C(CN1CCOCC1)N1CCN(C/C=C/Cl)CC1. The first kappa shape index (κ1) is 14.8. The van der Waals surface area contributed by atoms with Crippen LogP contribution in [0.15, 0.2) is 11.6 Å². The van der Waals surface area contributed by atoms with E-state index in [1.165, 1.54) is 0 Å². The predicted molar refractivity (Wildman–Crippen MR) is 75.3 cm³/mol. The van der Waals surface area contributed by atoms with Gasteiger partial charge in [-0.05, 0) is 0 Å². The molecule has 0 aromatic rings. The minimum absolute atomic E-state index is 0.245. The molecule has 2 aliphatic heterocycles. The maximum atomic E-state index is 12.2. The van der Waals surface area contributed by atoms with Gasteiger partial charge in [0.1, 0.15) is 0 Å². The van der Waals surface area contributed by atoms with Crippen LogP contribution in [0.3, 0.4) is 0 Å². The standard InChI is InChI=1S/C13H22ClN3O2/c14-2-1-3-15-4-6-17(7-5-15)13(18)12-16-8-10-19-11-9-16/h1-2H,3-12H2/b2-1+. The molecule has 0 unspecified atom stereocenters. The first-order valence-corrected chi connectivity index (χ1v) is 7.28. The Labute approximate surface area is 119 Å². The van der Waals surface area contributed by atoms with Crippen molar-refractivity contribution in [2.24, 2.45) is 0 Å². The van der Waals surface area contributed by atoms with Crippen molar-refractivity contribution in [3.63, 3.8) is 0 Å². The van der Waals surface area contributed by atoms with Crippen molar-refractivity contribution in [1.29, 1.82) is 0 Å². The molecule has 0 bridgehead atoms. The van der Waals surface area contributed by atoms with Crippen molar-refractivity contribution in [2.75, 3.05) is 65.6 Å². The van der Waals surface area contributed by atoms with Crippen molar-refractivity contribution < 1.29 is 9.53 Å². The summed E-state index contributed by atoms with van der Waals surface area (Å²) in [5, 5.41) is 0. The van der Waals surface area contributed by atoms with Crippen LogP contribution in [0.25, 0.3) is 0 Å². The van der Waals surface area contributed by atoms with E-state index >= 15 is 0 Å². The van der Waals surface area contributed by atoms with Crippen LogP contribution < -0.4 is 0 Å². The molecule has 2 saturated heterocycles. The van der Waals surface area contributed by atoms with E-state index in [1.807, 2.05) is 11.0 Å². The molecule has 0 aliphatic carbocycles. The van der Waals surface area contributed by atoms with Crippen LogP contribution in [-0.2, 0) is 9.53 Å². The van der Waals surface area contributed by atoms with Crippen LogP contribution >= 0.6 is 11.6 Å². The van der Waals surface area contributed by atoms with Crippen molar-refractivity contribution in [3.8, 4) is 0 Å². The highest BCUT2D eigenvalue weighted by Crippen LogP contribution is 2.04. The van der Waals surface area contributed by atoms with Gasteiger partial charge in [-0.3, -0.25) is 14.6 Å². The second-order valence-electron chi connectivity index (χ2n) is 4.93. The average Bonchev–Trinajstić information content (AvgIpc) is 2.46. The Morgan fingerprint density at radius 2 is 1.74 bits per heavy atom. The van der Waals surface area contributed by atoms with E-state index < -0.39 is 0 Å². The van der Waals surface area contributed by atoms with Crippen LogP contribution in [0.2, 0.25) is 0 Å². The van der Waals surface area contributed by atoms with Gasteiger partial charge in [0.05, 0.1) is 19.8 Å². The maximum absolute atomic E-state index is 12.2. The first-order valence-electron chi connectivity index (χ1n) is 6.85. The summed E-state index contributed by atoms with van der Waals surface area (Å²) in [5.41, 5.74) is 1.55. The number of ether oxygens (including phenoxy) is 1. The van der Waals surface area contributed by atoms with Gasteiger partial charge in [0.25, 0.3) is 0 Å². The van der Waals surface area contributed by atoms with Crippen LogP contribution in [0, 0.1) is 0 Å². The first-order chi connectivity index (χ1) is 9.29. The molecule has 0 radical (unpaired) electrons. The molecule has 2 rings (SSSR count). The number of nitrogens with zero attached hydrogens (tertiary/aromatic N) is 3. The molecule has 5 nitrogen and oxygen atoms in total. The molecule has 1 amide bonds. The number of piperazine rings is 1. The molecule has 2 heterocycles. The Morgan fingerprint density at radius 1 is 1.05 bits per heavy atom. The fourth-order valence-electron chi connectivity index (χ4n) is 2.42. The van der Waals surface area contributed by atoms with Crippen LogP contribution in [0.5, 0.6) is 0 Å². The minimum atomic E-state index is 0.245. The maximum Gasteiger partial charge on any atom is 0.236 e. The molecular formula is C13H22ClN3O2. The van der Waals surface area contributed by atoms with Gasteiger partial charge in [-0.1, -0.05) is 17.7 Å². The van der Waals surface area contributed by atoms with E-state index in [0.717, 1.165) is 59.0 Å². The monoisotopic (exact) mass is 287 g/mol. The van der Waals surface area contributed by atoms with E-state index in [-0.39, 0.29) is 5.91 Å². The molecule has 2 fully saturated rings. The van der Waals surface area contributed by atoms with Crippen molar-refractivity contribution in [1.82, 2.24) is 14.7 Å². The predicted octanol–water partition coefficient (Wildman–Crippen LogP) is 0.215. The summed E-state index contributed by atoms with van der Waals surface area (Å²) in [6.45, 7) is 8.11. The van der Waals surface area contributed by atoms with E-state index in [0.29, 0.717) is 6.54 Å². The van der Waals surface area contributed by atoms with Gasteiger partial charge in [-0.2, -0.15) is 0 Å². The van der Waals surface area contributed by atoms with E-state index in [1.54, 1.807) is 5.54 Å². The molecule has 0 spiro atoms. The van der Waals surface area contributed by atoms with Crippen LogP contribution in [-0.4, -0.2) is 86.2 Å². The molecule has 19 heavy (non-hydrogen) atoms. The topological polar surface area (TPSA) is 36.0 Å². The number of morpholine rings is 1. The third-order valence-electron chi connectivity index (χ3n) is 3.64. The summed E-state index contributed by atoms with van der Waals surface area (Å²) in [7, 11) is 0. The van der Waals surface area contributed by atoms with Gasteiger partial charge in [0.2, 0.25) is 5.91 Å². The van der Waals surface area contributed by atoms with Crippen molar-refractivity contribution in [2.45, 2.75) is 0 Å². The van der Waals surface area contributed by atoms with Gasteiger partial charge >= 0.3 is 0 Å². The number of carbonyl (C=O) groups excluding carboxylic acids is 1. The Kier molecular flexibility index (Phi) is 6.10. The van der Waals surface area contributed by atoms with Gasteiger partial charge in [0.15, 0.2) is 0 Å². The third kappa shape index (κ3) is 4.76. The lowest BCUT2D eigenvalue weighted by molar-refractivity contribution is -0.135. The summed E-state index contributed by atoms with van der Waals surface area (Å²) in [4.78, 5) is 18.6. The third-order valence-corrected chi connectivity index (χ3v) is 3.82. The van der Waals surface area contributed by atoms with Crippen molar-refractivity contribution in [3.05, 3.63) is 11.6 Å². The molecular weight excluding hydrogens is 266 g/mol. The Balaban J connectivity index is 1.69. The minimum Gasteiger partial charge on any atom is -0.379 e. The average molecular weight is 288 g/mol. The lowest BCUT2D eigenvalue weighted by Crippen LogP contribution is -2.52. The zero-order valence-electron chi connectivity index (χ0n) is 11.3. The highest BCUT2D eigenvalue weighted by atomic mass is 35.5. The normalized spacial score (nSPS) is 23.1. The Morgan fingerprint density at radius 3 is 2.37 bits per heavy atom. The van der Waals surface area contributed by atoms with Crippen LogP contribution in [0.4, 0.5) is 0 Å². The quantitative estimate of drug-likeness (QED) is 0.741. The molecule has 2 aliphatic rings. The molecule has 108 valence electrons. The largest absolute Gasteiger partial charge is 0.379 e. The fourth-order valence-corrected chi connectivity index (χ4v) is 2.50. The number of halogens is 1. The molecule has 0 aromatic carbocycles.